The lowest BCUT2D eigenvalue weighted by Crippen LogP contribution is -2.42. The molecule has 0 spiro atoms. The van der Waals surface area contributed by atoms with E-state index in [1.165, 1.54) is 23.0 Å². The molecule has 9 heteroatoms. The van der Waals surface area contributed by atoms with Gasteiger partial charge in [0.05, 0.1) is 5.39 Å². The Hall–Kier alpha value is -3.26. The van der Waals surface area contributed by atoms with Crippen LogP contribution in [0.5, 0.6) is 0 Å². The van der Waals surface area contributed by atoms with E-state index in [9.17, 15) is 14.4 Å². The molecule has 0 aliphatic carbocycles. The largest absolute Gasteiger partial charge is 0.290 e. The summed E-state index contributed by atoms with van der Waals surface area (Å²) < 4.78 is 1.20. The number of hydrogen-bond acceptors (Lipinski definition) is 5. The molecule has 0 radical (unpaired) electrons. The van der Waals surface area contributed by atoms with E-state index < -0.39 is 11.8 Å². The number of carbonyl (C=O) groups excluding carboxylic acids is 2. The number of amides is 2. The standard InChI is InChI=1S/C17H14ClN5O3/c1-2-23-17(26)12-6-4-3-5-11(12)14(22-23)16(25)21-20-15(24)10-7-8-19-13(18)9-10/h3-9H,2H2,1H3,(H,20,24)(H,21,25). The number of hydrogen-bond donors (Lipinski definition) is 2. The Morgan fingerprint density at radius 1 is 1.12 bits per heavy atom. The van der Waals surface area contributed by atoms with Crippen molar-refractivity contribution in [2.24, 2.45) is 0 Å². The summed E-state index contributed by atoms with van der Waals surface area (Å²) in [6.07, 6.45) is 1.38. The third-order valence-electron chi connectivity index (χ3n) is 3.66. The van der Waals surface area contributed by atoms with E-state index in [4.69, 9.17) is 11.6 Å². The first kappa shape index (κ1) is 17.6. The van der Waals surface area contributed by atoms with Crippen LogP contribution in [0.1, 0.15) is 27.8 Å². The number of benzene rings is 1. The number of nitrogens with zero attached hydrogens (tertiary/aromatic N) is 3. The van der Waals surface area contributed by atoms with Crippen LogP contribution in [0.3, 0.4) is 0 Å². The van der Waals surface area contributed by atoms with Crippen LogP contribution in [0, 0.1) is 0 Å². The van der Waals surface area contributed by atoms with E-state index in [2.05, 4.69) is 20.9 Å². The Morgan fingerprint density at radius 2 is 1.81 bits per heavy atom. The van der Waals surface area contributed by atoms with E-state index in [-0.39, 0.29) is 22.0 Å². The minimum absolute atomic E-state index is 0.0371. The molecular formula is C17H14ClN5O3. The maximum Gasteiger partial charge on any atom is 0.290 e. The zero-order chi connectivity index (χ0) is 18.7. The number of aryl methyl sites for hydroxylation is 1. The summed E-state index contributed by atoms with van der Waals surface area (Å²) in [7, 11) is 0. The van der Waals surface area contributed by atoms with Crippen molar-refractivity contribution in [3.63, 3.8) is 0 Å². The highest BCUT2D eigenvalue weighted by atomic mass is 35.5. The maximum atomic E-state index is 12.5. The Bertz CT molecular complexity index is 1060. The Balaban J connectivity index is 1.87. The number of fused-ring (bicyclic) bond motifs is 1. The summed E-state index contributed by atoms with van der Waals surface area (Å²) in [6, 6.07) is 9.49. The van der Waals surface area contributed by atoms with Crippen LogP contribution in [0.2, 0.25) is 5.15 Å². The molecule has 0 aliphatic rings. The fourth-order valence-corrected chi connectivity index (χ4v) is 2.58. The molecule has 3 rings (SSSR count). The molecule has 2 amide bonds. The van der Waals surface area contributed by atoms with E-state index in [0.717, 1.165) is 0 Å². The molecule has 8 nitrogen and oxygen atoms in total. The SMILES string of the molecule is CCn1nc(C(=O)NNC(=O)c2ccnc(Cl)c2)c2ccccc2c1=O. The zero-order valence-corrected chi connectivity index (χ0v) is 14.4. The number of pyridine rings is 1. The molecule has 132 valence electrons. The summed E-state index contributed by atoms with van der Waals surface area (Å²) in [5.74, 6) is -1.20. The molecule has 0 saturated heterocycles. The molecule has 26 heavy (non-hydrogen) atoms. The van der Waals surface area contributed by atoms with E-state index in [0.29, 0.717) is 17.3 Å². The second-order valence-electron chi connectivity index (χ2n) is 5.29. The first-order chi connectivity index (χ1) is 12.5. The number of nitrogens with one attached hydrogen (secondary N) is 2. The van der Waals surface area contributed by atoms with Gasteiger partial charge < -0.3 is 0 Å². The number of hydrazine groups is 1. The van der Waals surface area contributed by atoms with Crippen LogP contribution in [-0.2, 0) is 6.54 Å². The van der Waals surface area contributed by atoms with Crippen LogP contribution in [0.25, 0.3) is 10.8 Å². The van der Waals surface area contributed by atoms with Gasteiger partial charge in [0.15, 0.2) is 5.69 Å². The Morgan fingerprint density at radius 3 is 2.50 bits per heavy atom. The summed E-state index contributed by atoms with van der Waals surface area (Å²) in [5.41, 5.74) is 4.58. The minimum Gasteiger partial charge on any atom is -0.267 e. The summed E-state index contributed by atoms with van der Waals surface area (Å²) >= 11 is 5.74. The topological polar surface area (TPSA) is 106 Å². The van der Waals surface area contributed by atoms with Crippen LogP contribution >= 0.6 is 11.6 Å². The fraction of sp³-hybridized carbons (Fsp3) is 0.118. The molecule has 1 aromatic carbocycles. The molecule has 3 aromatic rings. The lowest BCUT2D eigenvalue weighted by atomic mass is 10.1. The lowest BCUT2D eigenvalue weighted by Gasteiger charge is -2.11. The quantitative estimate of drug-likeness (QED) is 0.536. The van der Waals surface area contributed by atoms with Crippen molar-refractivity contribution in [1.29, 1.82) is 0 Å². The first-order valence-electron chi connectivity index (χ1n) is 7.73. The fourth-order valence-electron chi connectivity index (χ4n) is 2.41. The molecule has 2 N–H and O–H groups in total. The third-order valence-corrected chi connectivity index (χ3v) is 3.87. The summed E-state index contributed by atoms with van der Waals surface area (Å²) in [5, 5.41) is 5.03. The van der Waals surface area contributed by atoms with Gasteiger partial charge in [0.25, 0.3) is 17.4 Å². The number of aromatic nitrogens is 3. The van der Waals surface area contributed by atoms with Crippen molar-refractivity contribution in [1.82, 2.24) is 25.6 Å². The highest BCUT2D eigenvalue weighted by molar-refractivity contribution is 6.29. The molecule has 0 atom stereocenters. The van der Waals surface area contributed by atoms with Crippen LogP contribution in [0.4, 0.5) is 0 Å². The van der Waals surface area contributed by atoms with Crippen molar-refractivity contribution in [2.75, 3.05) is 0 Å². The van der Waals surface area contributed by atoms with Crippen molar-refractivity contribution in [3.8, 4) is 0 Å². The van der Waals surface area contributed by atoms with Gasteiger partial charge in [-0.3, -0.25) is 25.2 Å². The minimum atomic E-state index is -0.642. The number of halogens is 1. The normalized spacial score (nSPS) is 10.5. The average molecular weight is 372 g/mol. The summed E-state index contributed by atoms with van der Waals surface area (Å²) in [6.45, 7) is 2.06. The van der Waals surface area contributed by atoms with Gasteiger partial charge in [0.2, 0.25) is 0 Å². The molecule has 0 bridgehead atoms. The van der Waals surface area contributed by atoms with Gasteiger partial charge in [-0.25, -0.2) is 9.67 Å². The van der Waals surface area contributed by atoms with Crippen molar-refractivity contribution >= 4 is 34.2 Å². The monoisotopic (exact) mass is 371 g/mol. The van der Waals surface area contributed by atoms with Crippen molar-refractivity contribution in [2.45, 2.75) is 13.5 Å². The molecule has 0 unspecified atom stereocenters. The van der Waals surface area contributed by atoms with Crippen molar-refractivity contribution in [3.05, 3.63) is 69.4 Å². The van der Waals surface area contributed by atoms with Crippen LogP contribution in [-0.4, -0.2) is 26.6 Å². The predicted octanol–water partition coefficient (Wildman–Crippen LogP) is 1.54. The second-order valence-corrected chi connectivity index (χ2v) is 5.68. The van der Waals surface area contributed by atoms with Gasteiger partial charge in [0.1, 0.15) is 5.15 Å². The Kier molecular flexibility index (Phi) is 4.94. The van der Waals surface area contributed by atoms with Gasteiger partial charge in [-0.2, -0.15) is 5.10 Å². The van der Waals surface area contributed by atoms with Gasteiger partial charge in [-0.15, -0.1) is 0 Å². The van der Waals surface area contributed by atoms with Gasteiger partial charge in [-0.1, -0.05) is 29.8 Å². The number of rotatable bonds is 3. The Labute approximate surface area is 152 Å². The van der Waals surface area contributed by atoms with Crippen LogP contribution in [0.15, 0.2) is 47.4 Å². The van der Waals surface area contributed by atoms with E-state index >= 15 is 0 Å². The number of carbonyl (C=O) groups is 2. The molecule has 0 saturated carbocycles. The van der Waals surface area contributed by atoms with E-state index in [1.807, 2.05) is 0 Å². The molecule has 2 aromatic heterocycles. The van der Waals surface area contributed by atoms with E-state index in [1.54, 1.807) is 31.2 Å². The van der Waals surface area contributed by atoms with Gasteiger partial charge in [-0.05, 0) is 25.1 Å². The molecule has 2 heterocycles. The highest BCUT2D eigenvalue weighted by Crippen LogP contribution is 2.13. The van der Waals surface area contributed by atoms with Gasteiger partial charge in [0, 0.05) is 23.7 Å². The van der Waals surface area contributed by atoms with Crippen LogP contribution < -0.4 is 16.4 Å². The van der Waals surface area contributed by atoms with Gasteiger partial charge >= 0.3 is 0 Å². The lowest BCUT2D eigenvalue weighted by molar-refractivity contribution is 0.0843. The maximum absolute atomic E-state index is 12.5. The smallest absolute Gasteiger partial charge is 0.267 e. The first-order valence-corrected chi connectivity index (χ1v) is 8.11. The zero-order valence-electron chi connectivity index (χ0n) is 13.7. The predicted molar refractivity (Wildman–Crippen MR) is 95.9 cm³/mol. The highest BCUT2D eigenvalue weighted by Gasteiger charge is 2.17. The molecule has 0 fully saturated rings. The molecule has 0 aliphatic heterocycles. The van der Waals surface area contributed by atoms with Crippen molar-refractivity contribution < 1.29 is 9.59 Å². The second kappa shape index (κ2) is 7.32. The summed E-state index contributed by atoms with van der Waals surface area (Å²) in [4.78, 5) is 40.7. The third kappa shape index (κ3) is 3.40. The molecular weight excluding hydrogens is 358 g/mol. The average Bonchev–Trinajstić information content (AvgIpc) is 2.66.